The van der Waals surface area contributed by atoms with Crippen LogP contribution >= 0.6 is 0 Å². The van der Waals surface area contributed by atoms with Crippen molar-refractivity contribution in [3.05, 3.63) is 72.5 Å². The average molecular weight is 392 g/mol. The summed E-state index contributed by atoms with van der Waals surface area (Å²) < 4.78 is 20.1. The topological polar surface area (TPSA) is 32.8 Å². The number of fused-ring (bicyclic) bond motifs is 1. The van der Waals surface area contributed by atoms with E-state index in [-0.39, 0.29) is 11.7 Å². The van der Waals surface area contributed by atoms with Crippen molar-refractivity contribution in [3.8, 4) is 5.75 Å². The number of benzene rings is 3. The summed E-state index contributed by atoms with van der Waals surface area (Å²) in [5.41, 5.74) is 0.596. The first kappa shape index (κ1) is 19.2. The molecule has 4 nitrogen and oxygen atoms in total. The number of ether oxygens (including phenoxy) is 1. The molecule has 1 heterocycles. The number of hydrogen-bond acceptors (Lipinski definition) is 3. The summed E-state index contributed by atoms with van der Waals surface area (Å²) in [6.07, 6.45) is 0.0790. The fourth-order valence-corrected chi connectivity index (χ4v) is 3.79. The van der Waals surface area contributed by atoms with Crippen molar-refractivity contribution >= 4 is 22.4 Å². The molecule has 0 saturated carbocycles. The second-order valence-electron chi connectivity index (χ2n) is 7.29. The lowest BCUT2D eigenvalue weighted by molar-refractivity contribution is -0.139. The molecule has 0 aromatic heterocycles. The molecular weight excluding hydrogens is 367 g/mol. The Kier molecular flexibility index (Phi) is 5.65. The predicted octanol–water partition coefficient (Wildman–Crippen LogP) is 4.49. The van der Waals surface area contributed by atoms with Crippen molar-refractivity contribution in [3.63, 3.8) is 0 Å². The van der Waals surface area contributed by atoms with Crippen LogP contribution in [-0.2, 0) is 4.79 Å². The van der Waals surface area contributed by atoms with Crippen molar-refractivity contribution in [2.75, 3.05) is 31.1 Å². The molecule has 0 unspecified atom stereocenters. The van der Waals surface area contributed by atoms with Crippen LogP contribution < -0.4 is 9.64 Å². The molecule has 29 heavy (non-hydrogen) atoms. The minimum absolute atomic E-state index is 0.00570. The highest BCUT2D eigenvalue weighted by molar-refractivity contribution is 5.84. The molecule has 1 amide bonds. The standard InChI is InChI=1S/C24H25FN2O2/c1-2-23(29-20-12-11-18-7-3-4-8-19(18)17-20)24(28)27-15-13-26(14-16-27)22-10-6-5-9-21(22)25/h3-12,17,23H,2,13-16H2,1H3/t23-/m1/s1. The van der Waals surface area contributed by atoms with E-state index in [1.165, 1.54) is 6.07 Å². The Bertz CT molecular complexity index is 999. The molecule has 0 bridgehead atoms. The van der Waals surface area contributed by atoms with Gasteiger partial charge >= 0.3 is 0 Å². The largest absolute Gasteiger partial charge is 0.481 e. The maximum absolute atomic E-state index is 14.0. The van der Waals surface area contributed by atoms with Crippen LogP contribution in [0.4, 0.5) is 10.1 Å². The van der Waals surface area contributed by atoms with Crippen molar-refractivity contribution in [2.45, 2.75) is 19.4 Å². The van der Waals surface area contributed by atoms with E-state index in [4.69, 9.17) is 4.74 Å². The van der Waals surface area contributed by atoms with Gasteiger partial charge in [0.1, 0.15) is 11.6 Å². The minimum atomic E-state index is -0.517. The quantitative estimate of drug-likeness (QED) is 0.642. The van der Waals surface area contributed by atoms with Crippen molar-refractivity contribution in [2.24, 2.45) is 0 Å². The maximum Gasteiger partial charge on any atom is 0.263 e. The Morgan fingerprint density at radius 1 is 0.966 bits per heavy atom. The summed E-state index contributed by atoms with van der Waals surface area (Å²) in [7, 11) is 0. The van der Waals surface area contributed by atoms with E-state index in [1.807, 2.05) is 59.2 Å². The molecule has 0 radical (unpaired) electrons. The van der Waals surface area contributed by atoms with E-state index in [0.717, 1.165) is 10.8 Å². The number of amides is 1. The number of hydrogen-bond donors (Lipinski definition) is 0. The van der Waals surface area contributed by atoms with Crippen molar-refractivity contribution < 1.29 is 13.9 Å². The Balaban J connectivity index is 1.40. The van der Waals surface area contributed by atoms with E-state index in [2.05, 4.69) is 6.07 Å². The maximum atomic E-state index is 14.0. The van der Waals surface area contributed by atoms with Crippen LogP contribution in [0.5, 0.6) is 5.75 Å². The zero-order chi connectivity index (χ0) is 20.2. The molecule has 1 atom stereocenters. The summed E-state index contributed by atoms with van der Waals surface area (Å²) >= 11 is 0. The molecule has 0 spiro atoms. The van der Waals surface area contributed by atoms with Gasteiger partial charge in [0, 0.05) is 26.2 Å². The van der Waals surface area contributed by atoms with Crippen LogP contribution in [0.1, 0.15) is 13.3 Å². The lowest BCUT2D eigenvalue weighted by Gasteiger charge is -2.37. The van der Waals surface area contributed by atoms with E-state index in [0.29, 0.717) is 44.0 Å². The second kappa shape index (κ2) is 8.52. The molecule has 150 valence electrons. The smallest absolute Gasteiger partial charge is 0.263 e. The highest BCUT2D eigenvalue weighted by Gasteiger charge is 2.28. The summed E-state index contributed by atoms with van der Waals surface area (Å²) in [6.45, 7) is 4.30. The zero-order valence-corrected chi connectivity index (χ0v) is 16.6. The summed E-state index contributed by atoms with van der Waals surface area (Å²) in [5, 5.41) is 2.23. The second-order valence-corrected chi connectivity index (χ2v) is 7.29. The van der Waals surface area contributed by atoms with Crippen LogP contribution in [0.2, 0.25) is 0 Å². The fraction of sp³-hybridized carbons (Fsp3) is 0.292. The fourth-order valence-electron chi connectivity index (χ4n) is 3.79. The molecule has 0 aliphatic carbocycles. The lowest BCUT2D eigenvalue weighted by atomic mass is 10.1. The van der Waals surface area contributed by atoms with Gasteiger partial charge in [-0.1, -0.05) is 49.4 Å². The third-order valence-electron chi connectivity index (χ3n) is 5.43. The highest BCUT2D eigenvalue weighted by atomic mass is 19.1. The van der Waals surface area contributed by atoms with Gasteiger partial charge in [-0.05, 0) is 41.5 Å². The lowest BCUT2D eigenvalue weighted by Crippen LogP contribution is -2.52. The number of halogens is 1. The molecular formula is C24H25FN2O2. The van der Waals surface area contributed by atoms with Crippen molar-refractivity contribution in [1.29, 1.82) is 0 Å². The molecule has 0 N–H and O–H groups in total. The average Bonchev–Trinajstić information content (AvgIpc) is 2.77. The van der Waals surface area contributed by atoms with E-state index in [1.54, 1.807) is 12.1 Å². The van der Waals surface area contributed by atoms with Gasteiger partial charge < -0.3 is 14.5 Å². The molecule has 1 fully saturated rings. The Morgan fingerprint density at radius 2 is 1.66 bits per heavy atom. The van der Waals surface area contributed by atoms with Gasteiger partial charge in [-0.15, -0.1) is 0 Å². The molecule has 5 heteroatoms. The number of carbonyl (C=O) groups excluding carboxylic acids is 1. The van der Waals surface area contributed by atoms with Gasteiger partial charge in [0.05, 0.1) is 5.69 Å². The summed E-state index contributed by atoms with van der Waals surface area (Å²) in [4.78, 5) is 16.8. The molecule has 3 aromatic carbocycles. The SMILES string of the molecule is CC[C@@H](Oc1ccc2ccccc2c1)C(=O)N1CCN(c2ccccc2F)CC1. The van der Waals surface area contributed by atoms with Gasteiger partial charge in [0.2, 0.25) is 0 Å². The number of nitrogens with zero attached hydrogens (tertiary/aromatic N) is 2. The predicted molar refractivity (Wildman–Crippen MR) is 114 cm³/mol. The molecule has 1 aliphatic heterocycles. The Labute approximate surface area is 170 Å². The van der Waals surface area contributed by atoms with Gasteiger partial charge in [0.25, 0.3) is 5.91 Å². The van der Waals surface area contributed by atoms with Crippen LogP contribution in [-0.4, -0.2) is 43.1 Å². The van der Waals surface area contributed by atoms with E-state index >= 15 is 0 Å². The normalized spacial score (nSPS) is 15.4. The van der Waals surface area contributed by atoms with Gasteiger partial charge in [-0.2, -0.15) is 0 Å². The first-order valence-electron chi connectivity index (χ1n) is 10.1. The number of para-hydroxylation sites is 1. The highest BCUT2D eigenvalue weighted by Crippen LogP contribution is 2.24. The van der Waals surface area contributed by atoms with Gasteiger partial charge in [0.15, 0.2) is 6.10 Å². The van der Waals surface area contributed by atoms with Crippen LogP contribution in [0, 0.1) is 5.82 Å². The molecule has 1 saturated heterocycles. The number of piperazine rings is 1. The van der Waals surface area contributed by atoms with E-state index < -0.39 is 6.10 Å². The monoisotopic (exact) mass is 392 g/mol. The van der Waals surface area contributed by atoms with Crippen LogP contribution in [0.25, 0.3) is 10.8 Å². The molecule has 1 aliphatic rings. The Hall–Kier alpha value is -3.08. The molecule has 4 rings (SSSR count). The third-order valence-corrected chi connectivity index (χ3v) is 5.43. The van der Waals surface area contributed by atoms with Gasteiger partial charge in [-0.25, -0.2) is 4.39 Å². The minimum Gasteiger partial charge on any atom is -0.481 e. The molecule has 3 aromatic rings. The Morgan fingerprint density at radius 3 is 2.38 bits per heavy atom. The number of anilines is 1. The third kappa shape index (κ3) is 4.19. The summed E-state index contributed by atoms with van der Waals surface area (Å²) in [6, 6.07) is 20.7. The van der Waals surface area contributed by atoms with Crippen LogP contribution in [0.15, 0.2) is 66.7 Å². The first-order valence-corrected chi connectivity index (χ1v) is 10.1. The first-order chi connectivity index (χ1) is 14.2. The van der Waals surface area contributed by atoms with Gasteiger partial charge in [-0.3, -0.25) is 4.79 Å². The number of rotatable bonds is 5. The van der Waals surface area contributed by atoms with E-state index in [9.17, 15) is 9.18 Å². The zero-order valence-electron chi connectivity index (χ0n) is 16.6. The van der Waals surface area contributed by atoms with Crippen LogP contribution in [0.3, 0.4) is 0 Å². The summed E-state index contributed by atoms with van der Waals surface area (Å²) in [5.74, 6) is 0.473. The number of carbonyl (C=O) groups is 1. The van der Waals surface area contributed by atoms with Crippen molar-refractivity contribution in [1.82, 2.24) is 4.90 Å².